The molecule has 33 heavy (non-hydrogen) atoms. The van der Waals surface area contributed by atoms with Gasteiger partial charge in [-0.15, -0.1) is 11.8 Å². The average Bonchev–Trinajstić information content (AvgIpc) is 2.84. The van der Waals surface area contributed by atoms with Crippen molar-refractivity contribution >= 4 is 11.8 Å². The van der Waals surface area contributed by atoms with Gasteiger partial charge in [0.1, 0.15) is 0 Å². The van der Waals surface area contributed by atoms with Crippen LogP contribution in [0, 0.1) is 0 Å². The number of aromatic nitrogens is 2. The molecular weight excluding hydrogens is 420 g/mol. The van der Waals surface area contributed by atoms with Gasteiger partial charge in [-0.1, -0.05) is 116 Å². The van der Waals surface area contributed by atoms with Gasteiger partial charge in [0.2, 0.25) is 0 Å². The van der Waals surface area contributed by atoms with Gasteiger partial charge in [-0.2, -0.15) is 0 Å². The van der Waals surface area contributed by atoms with E-state index in [1.165, 1.54) is 107 Å². The quantitative estimate of drug-likeness (QED) is 0.151. The smallest absolute Gasteiger partial charge is 0.159 e. The summed E-state index contributed by atoms with van der Waals surface area (Å²) in [5, 5.41) is 0.675. The highest BCUT2D eigenvalue weighted by molar-refractivity contribution is 7.99. The lowest BCUT2D eigenvalue weighted by Gasteiger charge is -2.11. The maximum Gasteiger partial charge on any atom is 0.159 e. The van der Waals surface area contributed by atoms with Crippen LogP contribution in [0.25, 0.3) is 11.4 Å². The first kappa shape index (κ1) is 27.9. The van der Waals surface area contributed by atoms with E-state index < -0.39 is 0 Å². The van der Waals surface area contributed by atoms with Gasteiger partial charge in [0, 0.05) is 28.1 Å². The third-order valence-corrected chi connectivity index (χ3v) is 7.62. The number of hydrogen-bond donors (Lipinski definition) is 0. The molecule has 0 aliphatic rings. The van der Waals surface area contributed by atoms with Gasteiger partial charge in [-0.25, -0.2) is 9.97 Å². The zero-order chi connectivity index (χ0) is 23.6. The van der Waals surface area contributed by atoms with Crippen LogP contribution in [0.3, 0.4) is 0 Å². The van der Waals surface area contributed by atoms with E-state index in [1.807, 2.05) is 24.2 Å². The third-order valence-electron chi connectivity index (χ3n) is 6.44. The number of nitrogens with zero attached hydrogens (tertiary/aromatic N) is 2. The molecule has 3 heteroatoms. The molecule has 1 aromatic carbocycles. The van der Waals surface area contributed by atoms with Crippen LogP contribution >= 0.6 is 11.8 Å². The summed E-state index contributed by atoms with van der Waals surface area (Å²) in [5.41, 5.74) is 2.38. The molecule has 1 atom stereocenters. The maximum absolute atomic E-state index is 4.64. The largest absolute Gasteiger partial charge is 0.236 e. The molecule has 0 saturated carbocycles. The minimum atomic E-state index is 0.675. The van der Waals surface area contributed by atoms with Crippen LogP contribution in [0.1, 0.15) is 123 Å². The standard InChI is InChI=1S/C30H48N2S/c1-4-6-8-10-11-12-13-14-15-17-19-27-24-31-30(32-25-27)28-20-22-29(23-21-28)33-26(3)18-16-9-7-5-2/h20-26H,4-19H2,1-3H3. The van der Waals surface area contributed by atoms with Gasteiger partial charge < -0.3 is 0 Å². The van der Waals surface area contributed by atoms with Crippen molar-refractivity contribution in [2.75, 3.05) is 0 Å². The summed E-state index contributed by atoms with van der Waals surface area (Å²) in [6, 6.07) is 8.79. The van der Waals surface area contributed by atoms with Crippen molar-refractivity contribution in [1.82, 2.24) is 9.97 Å². The Balaban J connectivity index is 1.63. The van der Waals surface area contributed by atoms with Crippen LogP contribution in [0.2, 0.25) is 0 Å². The Labute approximate surface area is 208 Å². The predicted molar refractivity (Wildman–Crippen MR) is 147 cm³/mol. The van der Waals surface area contributed by atoms with E-state index in [0.717, 1.165) is 17.8 Å². The van der Waals surface area contributed by atoms with Crippen molar-refractivity contribution in [2.45, 2.75) is 134 Å². The number of rotatable bonds is 19. The van der Waals surface area contributed by atoms with E-state index in [2.05, 4.69) is 55.0 Å². The molecule has 1 heterocycles. The first-order valence-corrected chi connectivity index (χ1v) is 14.7. The Kier molecular flexibility index (Phi) is 15.2. The summed E-state index contributed by atoms with van der Waals surface area (Å²) in [4.78, 5) is 10.6. The van der Waals surface area contributed by atoms with E-state index >= 15 is 0 Å². The lowest BCUT2D eigenvalue weighted by molar-refractivity contribution is 0.556. The van der Waals surface area contributed by atoms with Crippen molar-refractivity contribution < 1.29 is 0 Å². The molecule has 0 N–H and O–H groups in total. The molecule has 0 aliphatic carbocycles. The van der Waals surface area contributed by atoms with Crippen molar-refractivity contribution in [2.24, 2.45) is 0 Å². The van der Waals surface area contributed by atoms with Crippen molar-refractivity contribution in [3.05, 3.63) is 42.2 Å². The summed E-state index contributed by atoms with van der Waals surface area (Å²) in [6.45, 7) is 6.91. The molecule has 0 bridgehead atoms. The molecule has 0 radical (unpaired) electrons. The number of thioether (sulfide) groups is 1. The monoisotopic (exact) mass is 468 g/mol. The topological polar surface area (TPSA) is 25.8 Å². The first-order chi connectivity index (χ1) is 16.2. The molecule has 0 fully saturated rings. The Bertz CT molecular complexity index is 711. The molecule has 2 nitrogen and oxygen atoms in total. The molecular formula is C30H48N2S. The maximum atomic E-state index is 4.64. The van der Waals surface area contributed by atoms with Gasteiger partial charge >= 0.3 is 0 Å². The van der Waals surface area contributed by atoms with Crippen LogP contribution in [-0.4, -0.2) is 15.2 Å². The minimum Gasteiger partial charge on any atom is -0.236 e. The fourth-order valence-electron chi connectivity index (χ4n) is 4.28. The Morgan fingerprint density at radius 3 is 1.76 bits per heavy atom. The fourth-order valence-corrected chi connectivity index (χ4v) is 5.32. The number of aryl methyl sites for hydroxylation is 1. The normalized spacial score (nSPS) is 12.2. The van der Waals surface area contributed by atoms with Gasteiger partial charge in [0.25, 0.3) is 0 Å². The first-order valence-electron chi connectivity index (χ1n) is 13.8. The predicted octanol–water partition coefficient (Wildman–Crippen LogP) is 10.1. The van der Waals surface area contributed by atoms with E-state index in [-0.39, 0.29) is 0 Å². The van der Waals surface area contributed by atoms with Crippen LogP contribution in [0.15, 0.2) is 41.6 Å². The Hall–Kier alpha value is -1.35. The van der Waals surface area contributed by atoms with E-state index in [4.69, 9.17) is 0 Å². The SMILES string of the molecule is CCCCCCCCCCCCc1cnc(-c2ccc(SC(C)CCCCCC)cc2)nc1. The summed E-state index contributed by atoms with van der Waals surface area (Å²) in [7, 11) is 0. The van der Waals surface area contributed by atoms with Gasteiger partial charge in [-0.05, 0) is 37.0 Å². The van der Waals surface area contributed by atoms with E-state index in [9.17, 15) is 0 Å². The second kappa shape index (κ2) is 18.0. The number of benzene rings is 1. The van der Waals surface area contributed by atoms with Crippen LogP contribution < -0.4 is 0 Å². The zero-order valence-electron chi connectivity index (χ0n) is 21.7. The highest BCUT2D eigenvalue weighted by atomic mass is 32.2. The fraction of sp³-hybridized carbons (Fsp3) is 0.667. The average molecular weight is 469 g/mol. The lowest BCUT2D eigenvalue weighted by Crippen LogP contribution is -1.96. The molecule has 1 aromatic heterocycles. The molecule has 2 aromatic rings. The van der Waals surface area contributed by atoms with E-state index in [1.54, 1.807) is 0 Å². The molecule has 0 aliphatic heterocycles. The highest BCUT2D eigenvalue weighted by Crippen LogP contribution is 2.28. The molecule has 0 saturated heterocycles. The van der Waals surface area contributed by atoms with Crippen molar-refractivity contribution in [1.29, 1.82) is 0 Å². The molecule has 1 unspecified atom stereocenters. The molecule has 184 valence electrons. The third kappa shape index (κ3) is 12.6. The molecule has 0 spiro atoms. The zero-order valence-corrected chi connectivity index (χ0v) is 22.5. The number of unbranched alkanes of at least 4 members (excludes halogenated alkanes) is 12. The van der Waals surface area contributed by atoms with Gasteiger partial charge in [0.05, 0.1) is 0 Å². The van der Waals surface area contributed by atoms with Crippen molar-refractivity contribution in [3.63, 3.8) is 0 Å². The lowest BCUT2D eigenvalue weighted by atomic mass is 10.0. The van der Waals surface area contributed by atoms with Gasteiger partial charge in [0.15, 0.2) is 5.82 Å². The molecule has 2 rings (SSSR count). The van der Waals surface area contributed by atoms with Crippen molar-refractivity contribution in [3.8, 4) is 11.4 Å². The second-order valence-electron chi connectivity index (χ2n) is 9.65. The van der Waals surface area contributed by atoms with E-state index in [0.29, 0.717) is 5.25 Å². The second-order valence-corrected chi connectivity index (χ2v) is 11.2. The molecule has 0 amide bonds. The van der Waals surface area contributed by atoms with Crippen LogP contribution in [-0.2, 0) is 6.42 Å². The minimum absolute atomic E-state index is 0.675. The summed E-state index contributed by atoms with van der Waals surface area (Å²) in [5.74, 6) is 0.839. The van der Waals surface area contributed by atoms with Crippen LogP contribution in [0.5, 0.6) is 0 Å². The number of hydrogen-bond acceptors (Lipinski definition) is 3. The Morgan fingerprint density at radius 1 is 0.667 bits per heavy atom. The highest BCUT2D eigenvalue weighted by Gasteiger charge is 2.06. The summed E-state index contributed by atoms with van der Waals surface area (Å²) in [6.07, 6.45) is 25.6. The summed E-state index contributed by atoms with van der Waals surface area (Å²) < 4.78 is 0. The Morgan fingerprint density at radius 2 is 1.18 bits per heavy atom. The summed E-state index contributed by atoms with van der Waals surface area (Å²) >= 11 is 1.99. The van der Waals surface area contributed by atoms with Gasteiger partial charge in [-0.3, -0.25) is 0 Å². The van der Waals surface area contributed by atoms with Crippen LogP contribution in [0.4, 0.5) is 0 Å².